The molecule has 7 heteroatoms. The van der Waals surface area contributed by atoms with Crippen molar-refractivity contribution < 1.29 is 14.7 Å². The second kappa shape index (κ2) is 4.46. The Hall–Kier alpha value is -2.67. The van der Waals surface area contributed by atoms with Gasteiger partial charge in [-0.3, -0.25) is 9.59 Å². The molecule has 0 fully saturated rings. The topological polar surface area (TPSA) is 121 Å². The summed E-state index contributed by atoms with van der Waals surface area (Å²) >= 11 is 0. The molecule has 0 unspecified atom stereocenters. The van der Waals surface area contributed by atoms with Crippen LogP contribution < -0.4 is 11.2 Å². The fourth-order valence-corrected chi connectivity index (χ4v) is 2.44. The summed E-state index contributed by atoms with van der Waals surface area (Å²) in [7, 11) is 0. The standard InChI is InChI=1S/C13H12N4O3/c14-11(19)3-6-1-7-12-8(4-15-17-13(7)20)10(5-18)16-9(12)2-6/h1-2,4,16,18H,3,5H2,(H2,14,19)(H,17,20). The molecular weight excluding hydrogens is 260 g/mol. The molecular formula is C13H12N4O3. The lowest BCUT2D eigenvalue weighted by atomic mass is 10.0. The van der Waals surface area contributed by atoms with E-state index in [0.717, 1.165) is 0 Å². The Labute approximate surface area is 113 Å². The number of nitrogens with zero attached hydrogens (tertiary/aromatic N) is 1. The molecule has 1 aliphatic heterocycles. The van der Waals surface area contributed by atoms with Gasteiger partial charge in [0, 0.05) is 16.5 Å². The molecule has 0 saturated carbocycles. The van der Waals surface area contributed by atoms with E-state index in [1.165, 1.54) is 6.21 Å². The lowest BCUT2D eigenvalue weighted by molar-refractivity contribution is -0.117. The molecule has 0 radical (unpaired) electrons. The smallest absolute Gasteiger partial charge is 0.272 e. The van der Waals surface area contributed by atoms with Crippen molar-refractivity contribution in [2.45, 2.75) is 13.0 Å². The van der Waals surface area contributed by atoms with Crippen molar-refractivity contribution in [3.63, 3.8) is 0 Å². The summed E-state index contributed by atoms with van der Waals surface area (Å²) in [6, 6.07) is 3.37. The zero-order valence-electron chi connectivity index (χ0n) is 10.4. The van der Waals surface area contributed by atoms with Gasteiger partial charge in [0.05, 0.1) is 30.5 Å². The molecule has 102 valence electrons. The number of hydrogen-bond donors (Lipinski definition) is 4. The molecule has 1 aromatic carbocycles. The van der Waals surface area contributed by atoms with Crippen molar-refractivity contribution in [1.29, 1.82) is 0 Å². The first-order valence-corrected chi connectivity index (χ1v) is 6.00. The van der Waals surface area contributed by atoms with Gasteiger partial charge in [0.25, 0.3) is 5.91 Å². The van der Waals surface area contributed by atoms with Crippen molar-refractivity contribution in [2.24, 2.45) is 10.8 Å². The molecule has 0 bridgehead atoms. The Balaban J connectivity index is 2.32. The predicted molar refractivity (Wildman–Crippen MR) is 72.2 cm³/mol. The minimum Gasteiger partial charge on any atom is -0.390 e. The van der Waals surface area contributed by atoms with Crippen LogP contribution in [0.5, 0.6) is 0 Å². The number of aromatic nitrogens is 1. The first kappa shape index (κ1) is 12.4. The first-order valence-electron chi connectivity index (χ1n) is 6.00. The van der Waals surface area contributed by atoms with Gasteiger partial charge in [-0.2, -0.15) is 5.10 Å². The summed E-state index contributed by atoms with van der Waals surface area (Å²) in [4.78, 5) is 26.1. The van der Waals surface area contributed by atoms with E-state index in [1.54, 1.807) is 12.1 Å². The van der Waals surface area contributed by atoms with Gasteiger partial charge in [0.15, 0.2) is 0 Å². The molecule has 5 N–H and O–H groups in total. The maximum atomic E-state index is 12.0. The van der Waals surface area contributed by atoms with Gasteiger partial charge < -0.3 is 15.8 Å². The van der Waals surface area contributed by atoms with Gasteiger partial charge in [0.2, 0.25) is 5.91 Å². The lowest BCUT2D eigenvalue weighted by Gasteiger charge is -2.04. The molecule has 2 aromatic rings. The Morgan fingerprint density at radius 2 is 2.20 bits per heavy atom. The van der Waals surface area contributed by atoms with Crippen LogP contribution in [0.25, 0.3) is 10.9 Å². The van der Waals surface area contributed by atoms with E-state index in [0.29, 0.717) is 33.3 Å². The van der Waals surface area contributed by atoms with Crippen molar-refractivity contribution in [1.82, 2.24) is 10.4 Å². The van der Waals surface area contributed by atoms with Crippen LogP contribution in [0, 0.1) is 0 Å². The van der Waals surface area contributed by atoms with E-state index < -0.39 is 5.91 Å². The highest BCUT2D eigenvalue weighted by Gasteiger charge is 2.21. The number of hydrogen-bond acceptors (Lipinski definition) is 4. The van der Waals surface area contributed by atoms with Gasteiger partial charge in [-0.1, -0.05) is 0 Å². The summed E-state index contributed by atoms with van der Waals surface area (Å²) in [5, 5.41) is 13.9. The Morgan fingerprint density at radius 3 is 2.90 bits per heavy atom. The summed E-state index contributed by atoms with van der Waals surface area (Å²) in [6.07, 6.45) is 1.53. The van der Waals surface area contributed by atoms with Crippen LogP contribution in [-0.2, 0) is 17.8 Å². The number of H-pyrrole nitrogens is 1. The molecule has 2 amide bonds. The van der Waals surface area contributed by atoms with Crippen LogP contribution in [0.3, 0.4) is 0 Å². The predicted octanol–water partition coefficient (Wildman–Crippen LogP) is -0.235. The molecule has 7 nitrogen and oxygen atoms in total. The Morgan fingerprint density at radius 1 is 1.40 bits per heavy atom. The van der Waals surface area contributed by atoms with Crippen LogP contribution in [0.1, 0.15) is 27.2 Å². The molecule has 20 heavy (non-hydrogen) atoms. The maximum absolute atomic E-state index is 12.0. The summed E-state index contributed by atoms with van der Waals surface area (Å²) in [6.45, 7) is -0.200. The summed E-state index contributed by atoms with van der Waals surface area (Å²) < 4.78 is 0. The van der Waals surface area contributed by atoms with E-state index in [-0.39, 0.29) is 18.9 Å². The second-order valence-electron chi connectivity index (χ2n) is 4.58. The van der Waals surface area contributed by atoms with E-state index in [1.807, 2.05) is 0 Å². The van der Waals surface area contributed by atoms with Crippen molar-refractivity contribution in [2.75, 3.05) is 0 Å². The number of nitrogens with two attached hydrogens (primary N) is 1. The molecule has 0 atom stereocenters. The first-order chi connectivity index (χ1) is 9.60. The molecule has 3 rings (SSSR count). The number of carbonyl (C=O) groups excluding carboxylic acids is 2. The van der Waals surface area contributed by atoms with Gasteiger partial charge in [-0.05, 0) is 17.7 Å². The number of hydrazone groups is 1. The van der Waals surface area contributed by atoms with Gasteiger partial charge in [0.1, 0.15) is 0 Å². The third-order valence-electron chi connectivity index (χ3n) is 3.22. The number of primary amides is 1. The average molecular weight is 272 g/mol. The number of carbonyl (C=O) groups is 2. The highest BCUT2D eigenvalue weighted by atomic mass is 16.3. The highest BCUT2D eigenvalue weighted by molar-refractivity contribution is 6.15. The van der Waals surface area contributed by atoms with Crippen molar-refractivity contribution in [3.8, 4) is 0 Å². The lowest BCUT2D eigenvalue weighted by Crippen LogP contribution is -2.18. The van der Waals surface area contributed by atoms with E-state index in [2.05, 4.69) is 15.5 Å². The number of benzene rings is 1. The number of nitrogens with one attached hydrogen (secondary N) is 2. The van der Waals surface area contributed by atoms with Crippen LogP contribution in [0.2, 0.25) is 0 Å². The van der Waals surface area contributed by atoms with Crippen molar-refractivity contribution in [3.05, 3.63) is 34.5 Å². The number of amides is 2. The number of rotatable bonds is 3. The SMILES string of the molecule is NC(=O)Cc1cc2c3c(c(CO)[nH]c3c1)C=NNC2=O. The largest absolute Gasteiger partial charge is 0.390 e. The minimum atomic E-state index is -0.476. The van der Waals surface area contributed by atoms with Gasteiger partial charge in [-0.15, -0.1) is 0 Å². The van der Waals surface area contributed by atoms with Crippen LogP contribution in [0.15, 0.2) is 17.2 Å². The normalized spacial score (nSPS) is 13.3. The third kappa shape index (κ3) is 1.84. The molecule has 0 aliphatic carbocycles. The number of aliphatic hydroxyl groups is 1. The number of aromatic amines is 1. The van der Waals surface area contributed by atoms with Crippen molar-refractivity contribution >= 4 is 28.9 Å². The zero-order valence-corrected chi connectivity index (χ0v) is 10.4. The summed E-state index contributed by atoms with van der Waals surface area (Å²) in [5.74, 6) is -0.837. The quantitative estimate of drug-likeness (QED) is 0.617. The van der Waals surface area contributed by atoms with Crippen LogP contribution in [0.4, 0.5) is 0 Å². The molecule has 1 aromatic heterocycles. The zero-order chi connectivity index (χ0) is 14.3. The Kier molecular flexibility index (Phi) is 2.76. The highest BCUT2D eigenvalue weighted by Crippen LogP contribution is 2.28. The minimum absolute atomic E-state index is 0.0416. The molecule has 0 saturated heterocycles. The van der Waals surface area contributed by atoms with E-state index in [4.69, 9.17) is 5.73 Å². The summed E-state index contributed by atoms with van der Waals surface area (Å²) in [5.41, 5.74) is 10.5. The fourth-order valence-electron chi connectivity index (χ4n) is 2.44. The number of aliphatic hydroxyl groups excluding tert-OH is 1. The maximum Gasteiger partial charge on any atom is 0.272 e. The Bertz CT molecular complexity index is 761. The van der Waals surface area contributed by atoms with Gasteiger partial charge >= 0.3 is 0 Å². The molecule has 1 aliphatic rings. The monoisotopic (exact) mass is 272 g/mol. The average Bonchev–Trinajstić information content (AvgIpc) is 2.65. The van der Waals surface area contributed by atoms with E-state index >= 15 is 0 Å². The van der Waals surface area contributed by atoms with Crippen LogP contribution in [-0.4, -0.2) is 28.1 Å². The second-order valence-corrected chi connectivity index (χ2v) is 4.58. The van der Waals surface area contributed by atoms with E-state index in [9.17, 15) is 14.7 Å². The fraction of sp³-hybridized carbons (Fsp3) is 0.154. The van der Waals surface area contributed by atoms with Gasteiger partial charge in [-0.25, -0.2) is 5.43 Å². The third-order valence-corrected chi connectivity index (χ3v) is 3.22. The molecule has 0 spiro atoms. The molecule has 2 heterocycles. The van der Waals surface area contributed by atoms with Crippen LogP contribution >= 0.6 is 0 Å².